The van der Waals surface area contributed by atoms with Crippen molar-refractivity contribution in [3.05, 3.63) is 78.1 Å². The van der Waals surface area contributed by atoms with Gasteiger partial charge < -0.3 is 10.6 Å². The van der Waals surface area contributed by atoms with Gasteiger partial charge >= 0.3 is 0 Å². The van der Waals surface area contributed by atoms with Crippen molar-refractivity contribution >= 4 is 28.3 Å². The predicted molar refractivity (Wildman–Crippen MR) is 125 cm³/mol. The zero-order valence-electron chi connectivity index (χ0n) is 18.3. The molecule has 0 saturated heterocycles. The summed E-state index contributed by atoms with van der Waals surface area (Å²) in [6.07, 6.45) is 4.87. The molecule has 164 valence electrons. The van der Waals surface area contributed by atoms with Gasteiger partial charge in [0, 0.05) is 42.7 Å². The zero-order chi connectivity index (χ0) is 23.6. The molecule has 33 heavy (non-hydrogen) atoms. The molecule has 2 N–H and O–H groups in total. The number of rotatable bonds is 5. The second-order valence-electron chi connectivity index (χ2n) is 8.05. The number of carbonyl (C=O) groups is 1. The van der Waals surface area contributed by atoms with E-state index >= 15 is 0 Å². The Morgan fingerprint density at radius 3 is 2.61 bits per heavy atom. The maximum absolute atomic E-state index is 14.5. The highest BCUT2D eigenvalue weighted by molar-refractivity contribution is 6.03. The van der Waals surface area contributed by atoms with Gasteiger partial charge in [-0.3, -0.25) is 14.8 Å². The van der Waals surface area contributed by atoms with Crippen molar-refractivity contribution in [1.82, 2.24) is 15.0 Å². The van der Waals surface area contributed by atoms with Gasteiger partial charge in [-0.25, -0.2) is 9.37 Å². The van der Waals surface area contributed by atoms with Crippen molar-refractivity contribution in [1.29, 1.82) is 5.26 Å². The summed E-state index contributed by atoms with van der Waals surface area (Å²) in [5.74, 6) is -0.429. The molecule has 0 aliphatic heterocycles. The number of nitrogens with one attached hydrogen (secondary N) is 2. The number of nitrogens with zero attached hydrogens (tertiary/aromatic N) is 4. The normalized spacial score (nSPS) is 11.1. The highest BCUT2D eigenvalue weighted by atomic mass is 19.1. The standard InChI is InChI=1S/C25H21FN6O/c1-25(2,14-27)18-6-7-29-22(10-18)24(33)32-21-9-15(4-5-19(21)26)16-8-17-13-31-23(28-3)11-20(17)30-12-16/h4-13H,1-3H3,(H,28,31)(H,32,33). The molecule has 0 atom stereocenters. The Hall–Kier alpha value is -4.38. The number of carbonyl (C=O) groups excluding carboxylic acids is 1. The highest BCUT2D eigenvalue weighted by Gasteiger charge is 2.22. The van der Waals surface area contributed by atoms with Gasteiger partial charge in [-0.05, 0) is 55.3 Å². The molecule has 1 aromatic carbocycles. The van der Waals surface area contributed by atoms with Gasteiger partial charge in [0.25, 0.3) is 5.91 Å². The smallest absolute Gasteiger partial charge is 0.274 e. The van der Waals surface area contributed by atoms with Crippen LogP contribution in [0.5, 0.6) is 0 Å². The number of hydrogen-bond donors (Lipinski definition) is 2. The van der Waals surface area contributed by atoms with Crippen molar-refractivity contribution < 1.29 is 9.18 Å². The van der Waals surface area contributed by atoms with Crippen LogP contribution in [0.4, 0.5) is 15.9 Å². The van der Waals surface area contributed by atoms with Crippen LogP contribution in [0.25, 0.3) is 22.0 Å². The van der Waals surface area contributed by atoms with Gasteiger partial charge in [0.05, 0.1) is 22.7 Å². The van der Waals surface area contributed by atoms with Crippen LogP contribution in [0.15, 0.2) is 61.1 Å². The average molecular weight is 440 g/mol. The third-order valence-electron chi connectivity index (χ3n) is 5.36. The first-order valence-corrected chi connectivity index (χ1v) is 10.2. The number of fused-ring (bicyclic) bond motifs is 1. The molecular weight excluding hydrogens is 419 g/mol. The molecule has 0 unspecified atom stereocenters. The minimum absolute atomic E-state index is 0.0213. The van der Waals surface area contributed by atoms with Crippen LogP contribution in [0.3, 0.4) is 0 Å². The van der Waals surface area contributed by atoms with Crippen molar-refractivity contribution in [2.75, 3.05) is 17.7 Å². The second kappa shape index (κ2) is 8.63. The number of nitriles is 1. The third-order valence-corrected chi connectivity index (χ3v) is 5.36. The van der Waals surface area contributed by atoms with Crippen LogP contribution in [0, 0.1) is 17.1 Å². The van der Waals surface area contributed by atoms with Gasteiger partial charge in [-0.1, -0.05) is 6.07 Å². The zero-order valence-corrected chi connectivity index (χ0v) is 18.3. The lowest BCUT2D eigenvalue weighted by atomic mass is 9.86. The molecule has 4 rings (SSSR count). The van der Waals surface area contributed by atoms with Gasteiger partial charge in [0.2, 0.25) is 0 Å². The summed E-state index contributed by atoms with van der Waals surface area (Å²) in [7, 11) is 1.78. The Kier molecular flexibility index (Phi) is 5.71. The van der Waals surface area contributed by atoms with E-state index in [2.05, 4.69) is 31.7 Å². The molecule has 8 heteroatoms. The van der Waals surface area contributed by atoms with E-state index in [1.807, 2.05) is 12.1 Å². The molecule has 3 aromatic heterocycles. The van der Waals surface area contributed by atoms with E-state index in [0.717, 1.165) is 16.5 Å². The Labute approximate surface area is 190 Å². The van der Waals surface area contributed by atoms with Gasteiger partial charge in [0.15, 0.2) is 0 Å². The van der Waals surface area contributed by atoms with Crippen LogP contribution in [0.1, 0.15) is 29.9 Å². The van der Waals surface area contributed by atoms with Crippen LogP contribution in [0.2, 0.25) is 0 Å². The second-order valence-corrected chi connectivity index (χ2v) is 8.05. The molecule has 1 amide bonds. The molecule has 3 heterocycles. The Balaban J connectivity index is 1.63. The topological polar surface area (TPSA) is 104 Å². The van der Waals surface area contributed by atoms with E-state index in [9.17, 15) is 14.4 Å². The monoisotopic (exact) mass is 440 g/mol. The van der Waals surface area contributed by atoms with Gasteiger partial charge in [-0.15, -0.1) is 0 Å². The maximum atomic E-state index is 14.5. The van der Waals surface area contributed by atoms with E-state index in [1.165, 1.54) is 12.3 Å². The molecule has 0 aliphatic rings. The minimum Gasteiger partial charge on any atom is -0.373 e. The molecule has 4 aromatic rings. The number of pyridine rings is 3. The Morgan fingerprint density at radius 2 is 1.85 bits per heavy atom. The first-order valence-electron chi connectivity index (χ1n) is 10.2. The van der Waals surface area contributed by atoms with Crippen molar-refractivity contribution in [3.63, 3.8) is 0 Å². The summed E-state index contributed by atoms with van der Waals surface area (Å²) in [5, 5.41) is 15.7. The third kappa shape index (κ3) is 4.48. The van der Waals surface area contributed by atoms with Crippen LogP contribution in [-0.4, -0.2) is 27.9 Å². The SMILES string of the molecule is CNc1cc2ncc(-c3ccc(F)c(NC(=O)c4cc(C(C)(C)C#N)ccn4)c3)cc2cn1. The average Bonchev–Trinajstić information content (AvgIpc) is 2.84. The fraction of sp³-hybridized carbons (Fsp3) is 0.160. The van der Waals surface area contributed by atoms with Crippen molar-refractivity contribution in [2.45, 2.75) is 19.3 Å². The predicted octanol–water partition coefficient (Wildman–Crippen LogP) is 4.93. The number of benzene rings is 1. The molecule has 7 nitrogen and oxygen atoms in total. The fourth-order valence-electron chi connectivity index (χ4n) is 3.31. The van der Waals surface area contributed by atoms with Crippen molar-refractivity contribution in [2.24, 2.45) is 0 Å². The summed E-state index contributed by atoms with van der Waals surface area (Å²) in [6.45, 7) is 3.50. The lowest BCUT2D eigenvalue weighted by molar-refractivity contribution is 0.102. The van der Waals surface area contributed by atoms with Crippen LogP contribution < -0.4 is 10.6 Å². The number of amides is 1. The lowest BCUT2D eigenvalue weighted by Gasteiger charge is -2.16. The van der Waals surface area contributed by atoms with Crippen LogP contribution in [-0.2, 0) is 5.41 Å². The first kappa shape index (κ1) is 21.8. The number of halogens is 1. The van der Waals surface area contributed by atoms with E-state index < -0.39 is 17.1 Å². The van der Waals surface area contributed by atoms with E-state index in [-0.39, 0.29) is 11.4 Å². The summed E-state index contributed by atoms with van der Waals surface area (Å²) in [6, 6.07) is 13.6. The summed E-state index contributed by atoms with van der Waals surface area (Å²) in [4.78, 5) is 25.6. The lowest BCUT2D eigenvalue weighted by Crippen LogP contribution is -2.18. The van der Waals surface area contributed by atoms with E-state index in [0.29, 0.717) is 16.9 Å². The van der Waals surface area contributed by atoms with Crippen LogP contribution >= 0.6 is 0 Å². The molecule has 0 bridgehead atoms. The molecule has 0 fully saturated rings. The summed E-state index contributed by atoms with van der Waals surface area (Å²) in [5.41, 5.74) is 2.21. The van der Waals surface area contributed by atoms with Gasteiger partial charge in [-0.2, -0.15) is 5.26 Å². The largest absolute Gasteiger partial charge is 0.373 e. The van der Waals surface area contributed by atoms with Crippen molar-refractivity contribution in [3.8, 4) is 17.2 Å². The minimum atomic E-state index is -0.783. The molecule has 0 aliphatic carbocycles. The Bertz CT molecular complexity index is 1410. The van der Waals surface area contributed by atoms with E-state index in [1.54, 1.807) is 57.6 Å². The number of aromatic nitrogens is 3. The summed E-state index contributed by atoms with van der Waals surface area (Å²) >= 11 is 0. The fourth-order valence-corrected chi connectivity index (χ4v) is 3.31. The van der Waals surface area contributed by atoms with Gasteiger partial charge in [0.1, 0.15) is 17.3 Å². The highest BCUT2D eigenvalue weighted by Crippen LogP contribution is 2.28. The molecule has 0 radical (unpaired) electrons. The molecular formula is C25H21FN6O. The Morgan fingerprint density at radius 1 is 1.03 bits per heavy atom. The molecule has 0 spiro atoms. The maximum Gasteiger partial charge on any atom is 0.274 e. The van der Waals surface area contributed by atoms with E-state index in [4.69, 9.17) is 0 Å². The number of anilines is 2. The number of hydrogen-bond acceptors (Lipinski definition) is 6. The first-order chi connectivity index (χ1) is 15.8. The quantitative estimate of drug-likeness (QED) is 0.456. The summed E-state index contributed by atoms with van der Waals surface area (Å²) < 4.78 is 14.5. The molecule has 0 saturated carbocycles.